The average molecular weight is 330 g/mol. The maximum atomic E-state index is 11.8. The Bertz CT molecular complexity index is 540. The molecule has 0 spiro atoms. The summed E-state index contributed by atoms with van der Waals surface area (Å²) in [6, 6.07) is 5.21. The van der Waals surface area contributed by atoms with Gasteiger partial charge in [-0.3, -0.25) is 4.79 Å². The number of halogens is 2. The fourth-order valence-electron chi connectivity index (χ4n) is 2.05. The lowest BCUT2D eigenvalue weighted by molar-refractivity contribution is -0.119. The molecule has 0 aromatic heterocycles. The minimum absolute atomic E-state index is 0.211. The summed E-state index contributed by atoms with van der Waals surface area (Å²) < 4.78 is 5.19. The molecule has 1 aliphatic rings. The molecule has 1 heterocycles. The zero-order valence-corrected chi connectivity index (χ0v) is 13.0. The molecule has 6 heteroatoms. The van der Waals surface area contributed by atoms with Gasteiger partial charge in [0.25, 0.3) is 0 Å². The quantitative estimate of drug-likeness (QED) is 0.835. The molecule has 0 radical (unpaired) electrons. The fraction of sp³-hybridized carbons (Fsp3) is 0.400. The third kappa shape index (κ3) is 4.71. The van der Waals surface area contributed by atoms with E-state index in [0.29, 0.717) is 41.7 Å². The molecule has 1 aromatic carbocycles. The van der Waals surface area contributed by atoms with Crippen LogP contribution in [0.25, 0.3) is 6.08 Å². The minimum Gasteiger partial charge on any atom is -0.388 e. The second-order valence-corrected chi connectivity index (χ2v) is 5.82. The summed E-state index contributed by atoms with van der Waals surface area (Å²) >= 11 is 11.9. The number of carbonyl (C=O) groups is 1. The highest BCUT2D eigenvalue weighted by Gasteiger charge is 2.29. The number of ether oxygens (including phenoxy) is 1. The number of rotatable bonds is 4. The molecule has 2 N–H and O–H groups in total. The minimum atomic E-state index is -0.880. The Hall–Kier alpha value is -1.07. The number of benzene rings is 1. The Balaban J connectivity index is 1.89. The van der Waals surface area contributed by atoms with Gasteiger partial charge in [0.05, 0.1) is 15.6 Å². The standard InChI is InChI=1S/C15H17Cl2NO3/c16-12-3-1-2-11(14(12)17)4-5-13(19)18-10-15(20)6-8-21-9-7-15/h1-5,20H,6-10H2,(H,18,19)/b5-4+. The Labute approximate surface area is 133 Å². The van der Waals surface area contributed by atoms with Crippen molar-refractivity contribution >= 4 is 35.2 Å². The zero-order chi connectivity index (χ0) is 15.3. The number of aliphatic hydroxyl groups is 1. The van der Waals surface area contributed by atoms with Gasteiger partial charge < -0.3 is 15.2 Å². The summed E-state index contributed by atoms with van der Waals surface area (Å²) in [4.78, 5) is 11.8. The zero-order valence-electron chi connectivity index (χ0n) is 11.4. The number of nitrogens with one attached hydrogen (secondary N) is 1. The van der Waals surface area contributed by atoms with E-state index in [1.807, 2.05) is 0 Å². The van der Waals surface area contributed by atoms with Crippen molar-refractivity contribution in [1.29, 1.82) is 0 Å². The molecule has 1 aromatic rings. The first-order valence-corrected chi connectivity index (χ1v) is 7.46. The second kappa shape index (κ2) is 7.27. The van der Waals surface area contributed by atoms with E-state index in [1.54, 1.807) is 24.3 Å². The van der Waals surface area contributed by atoms with Gasteiger partial charge in [0.2, 0.25) is 5.91 Å². The van der Waals surface area contributed by atoms with Crippen molar-refractivity contribution in [3.63, 3.8) is 0 Å². The monoisotopic (exact) mass is 329 g/mol. The van der Waals surface area contributed by atoms with E-state index in [4.69, 9.17) is 27.9 Å². The lowest BCUT2D eigenvalue weighted by Gasteiger charge is -2.31. The molecule has 0 aliphatic carbocycles. The van der Waals surface area contributed by atoms with Crippen LogP contribution in [0.2, 0.25) is 10.0 Å². The summed E-state index contributed by atoms with van der Waals surface area (Å²) in [5.74, 6) is -0.286. The van der Waals surface area contributed by atoms with E-state index in [1.165, 1.54) is 6.08 Å². The molecule has 0 atom stereocenters. The molecule has 0 bridgehead atoms. The molecule has 1 fully saturated rings. The second-order valence-electron chi connectivity index (χ2n) is 5.03. The van der Waals surface area contributed by atoms with Gasteiger partial charge in [0.15, 0.2) is 0 Å². The molecule has 21 heavy (non-hydrogen) atoms. The Morgan fingerprint density at radius 3 is 2.81 bits per heavy atom. The summed E-state index contributed by atoms with van der Waals surface area (Å²) in [6.07, 6.45) is 4.02. The Morgan fingerprint density at radius 2 is 2.10 bits per heavy atom. The van der Waals surface area contributed by atoms with Crippen LogP contribution in [0.5, 0.6) is 0 Å². The third-order valence-corrected chi connectivity index (χ3v) is 4.24. The maximum absolute atomic E-state index is 11.8. The largest absolute Gasteiger partial charge is 0.388 e. The lowest BCUT2D eigenvalue weighted by atomic mass is 9.94. The summed E-state index contributed by atoms with van der Waals surface area (Å²) in [5.41, 5.74) is -0.209. The summed E-state index contributed by atoms with van der Waals surface area (Å²) in [7, 11) is 0. The number of carbonyl (C=O) groups excluding carboxylic acids is 1. The van der Waals surface area contributed by atoms with Gasteiger partial charge in [-0.2, -0.15) is 0 Å². The van der Waals surface area contributed by atoms with Gasteiger partial charge in [-0.05, 0) is 17.7 Å². The van der Waals surface area contributed by atoms with Crippen molar-refractivity contribution in [2.45, 2.75) is 18.4 Å². The van der Waals surface area contributed by atoms with Crippen LogP contribution >= 0.6 is 23.2 Å². The molecule has 1 amide bonds. The Morgan fingerprint density at radius 1 is 1.38 bits per heavy atom. The van der Waals surface area contributed by atoms with E-state index in [0.717, 1.165) is 0 Å². The van der Waals surface area contributed by atoms with E-state index >= 15 is 0 Å². The topological polar surface area (TPSA) is 58.6 Å². The van der Waals surface area contributed by atoms with Crippen LogP contribution < -0.4 is 5.32 Å². The SMILES string of the molecule is O=C(/C=C/c1cccc(Cl)c1Cl)NCC1(O)CCOCC1. The smallest absolute Gasteiger partial charge is 0.244 e. The lowest BCUT2D eigenvalue weighted by Crippen LogP contribution is -2.46. The Kier molecular flexibility index (Phi) is 5.65. The van der Waals surface area contributed by atoms with Gasteiger partial charge in [-0.15, -0.1) is 0 Å². The van der Waals surface area contributed by atoms with Gasteiger partial charge in [-0.25, -0.2) is 0 Å². The van der Waals surface area contributed by atoms with Crippen LogP contribution in [0.1, 0.15) is 18.4 Å². The normalized spacial score (nSPS) is 17.9. The van der Waals surface area contributed by atoms with Gasteiger partial charge in [0, 0.05) is 38.7 Å². The molecule has 1 saturated heterocycles. The first-order valence-electron chi connectivity index (χ1n) is 6.70. The molecule has 0 unspecified atom stereocenters. The summed E-state index contributed by atoms with van der Waals surface area (Å²) in [6.45, 7) is 1.24. The van der Waals surface area contributed by atoms with E-state index in [2.05, 4.69) is 5.32 Å². The maximum Gasteiger partial charge on any atom is 0.244 e. The van der Waals surface area contributed by atoms with E-state index < -0.39 is 5.60 Å². The average Bonchev–Trinajstić information content (AvgIpc) is 2.47. The molecule has 4 nitrogen and oxygen atoms in total. The number of hydrogen-bond acceptors (Lipinski definition) is 3. The molecule has 114 valence electrons. The van der Waals surface area contributed by atoms with Crippen molar-refractivity contribution in [3.8, 4) is 0 Å². The first-order chi connectivity index (χ1) is 10.0. The van der Waals surface area contributed by atoms with Gasteiger partial charge >= 0.3 is 0 Å². The molecular weight excluding hydrogens is 313 g/mol. The predicted octanol–water partition coefficient (Wildman–Crippen LogP) is 2.66. The highest BCUT2D eigenvalue weighted by Crippen LogP contribution is 2.26. The van der Waals surface area contributed by atoms with Crippen LogP contribution in [0, 0.1) is 0 Å². The number of hydrogen-bond donors (Lipinski definition) is 2. The first kappa shape index (κ1) is 16.3. The van der Waals surface area contributed by atoms with Crippen molar-refractivity contribution in [2.75, 3.05) is 19.8 Å². The van der Waals surface area contributed by atoms with Crippen molar-refractivity contribution in [2.24, 2.45) is 0 Å². The van der Waals surface area contributed by atoms with Crippen LogP contribution in [0.15, 0.2) is 24.3 Å². The van der Waals surface area contributed by atoms with Crippen LogP contribution in [-0.4, -0.2) is 36.4 Å². The van der Waals surface area contributed by atoms with Gasteiger partial charge in [-0.1, -0.05) is 35.3 Å². The fourth-order valence-corrected chi connectivity index (χ4v) is 2.42. The van der Waals surface area contributed by atoms with Gasteiger partial charge in [0.1, 0.15) is 0 Å². The highest BCUT2D eigenvalue weighted by molar-refractivity contribution is 6.42. The predicted molar refractivity (Wildman–Crippen MR) is 83.5 cm³/mol. The molecule has 1 aliphatic heterocycles. The number of amides is 1. The van der Waals surface area contributed by atoms with E-state index in [9.17, 15) is 9.90 Å². The molecular formula is C15H17Cl2NO3. The summed E-state index contributed by atoms with van der Waals surface area (Å²) in [5, 5.41) is 13.8. The van der Waals surface area contributed by atoms with E-state index in [-0.39, 0.29) is 12.5 Å². The third-order valence-electron chi connectivity index (χ3n) is 3.41. The molecule has 2 rings (SSSR count). The van der Waals surface area contributed by atoms with Crippen molar-refractivity contribution in [1.82, 2.24) is 5.32 Å². The van der Waals surface area contributed by atoms with Crippen LogP contribution in [-0.2, 0) is 9.53 Å². The van der Waals surface area contributed by atoms with Crippen LogP contribution in [0.4, 0.5) is 0 Å². The van der Waals surface area contributed by atoms with Crippen molar-refractivity contribution < 1.29 is 14.6 Å². The highest BCUT2D eigenvalue weighted by atomic mass is 35.5. The van der Waals surface area contributed by atoms with Crippen molar-refractivity contribution in [3.05, 3.63) is 39.9 Å². The van der Waals surface area contributed by atoms with Crippen LogP contribution in [0.3, 0.4) is 0 Å². The molecule has 0 saturated carbocycles.